The van der Waals surface area contributed by atoms with Crippen molar-refractivity contribution >= 4 is 23.2 Å². The van der Waals surface area contributed by atoms with Gasteiger partial charge in [0.1, 0.15) is 11.0 Å². The third kappa shape index (κ3) is 2.85. The van der Waals surface area contributed by atoms with Crippen LogP contribution in [0, 0.1) is 12.7 Å². The summed E-state index contributed by atoms with van der Waals surface area (Å²) in [6.45, 7) is 1.71. The number of benzene rings is 1. The molecular weight excluding hydrogens is 340 g/mol. The average Bonchev–Trinajstić information content (AvgIpc) is 2.52. The first-order valence-corrected chi connectivity index (χ1v) is 7.40. The molecule has 0 aliphatic rings. The van der Waals surface area contributed by atoms with Crippen LogP contribution in [0.5, 0.6) is 0 Å². The van der Waals surface area contributed by atoms with Crippen molar-refractivity contribution in [3.63, 3.8) is 0 Å². The lowest BCUT2D eigenvalue weighted by Gasteiger charge is -2.13. The minimum atomic E-state index is -0.586. The molecular formula is C16H10Cl2FN3O. The van der Waals surface area contributed by atoms with E-state index in [4.69, 9.17) is 23.2 Å². The molecule has 3 aromatic rings. The van der Waals surface area contributed by atoms with Crippen LogP contribution in [0.1, 0.15) is 5.69 Å². The number of hydrogen-bond donors (Lipinski definition) is 1. The van der Waals surface area contributed by atoms with E-state index in [1.807, 2.05) is 0 Å². The normalized spacial score (nSPS) is 10.8. The molecule has 2 heterocycles. The number of aryl methyl sites for hydroxylation is 1. The second-order valence-corrected chi connectivity index (χ2v) is 5.65. The number of nitrogens with one attached hydrogen (secondary N) is 1. The van der Waals surface area contributed by atoms with Gasteiger partial charge in [-0.2, -0.15) is 5.10 Å². The summed E-state index contributed by atoms with van der Waals surface area (Å²) >= 11 is 11.9. The molecule has 0 spiro atoms. The molecule has 0 unspecified atom stereocenters. The van der Waals surface area contributed by atoms with Crippen LogP contribution in [-0.2, 0) is 0 Å². The van der Waals surface area contributed by atoms with Gasteiger partial charge in [0.15, 0.2) is 0 Å². The molecule has 0 atom stereocenters. The molecule has 0 aliphatic carbocycles. The van der Waals surface area contributed by atoms with E-state index in [1.54, 1.807) is 19.1 Å². The first-order valence-electron chi connectivity index (χ1n) is 6.64. The molecule has 116 valence electrons. The Kier molecular flexibility index (Phi) is 4.15. The Morgan fingerprint density at radius 2 is 1.87 bits per heavy atom. The molecule has 2 aromatic heterocycles. The molecule has 23 heavy (non-hydrogen) atoms. The second kappa shape index (κ2) is 6.10. The highest BCUT2D eigenvalue weighted by Crippen LogP contribution is 2.36. The Morgan fingerprint density at radius 1 is 1.09 bits per heavy atom. The fourth-order valence-electron chi connectivity index (χ4n) is 2.39. The standard InChI is InChI=1S/C16H10Cl2FN3O/c1-8-13(9-5-6-12(18)20-7-9)15(16(23)22-21-8)14-10(17)3-2-4-11(14)19/h2-7H,1H3,(H,22,23). The lowest BCUT2D eigenvalue weighted by atomic mass is 9.95. The zero-order chi connectivity index (χ0) is 16.6. The van der Waals surface area contributed by atoms with Gasteiger partial charge in [0.05, 0.1) is 16.3 Å². The number of aromatic amines is 1. The molecule has 1 N–H and O–H groups in total. The lowest BCUT2D eigenvalue weighted by Crippen LogP contribution is -2.15. The smallest absolute Gasteiger partial charge is 0.267 e. The van der Waals surface area contributed by atoms with Crippen molar-refractivity contribution in [1.29, 1.82) is 0 Å². The second-order valence-electron chi connectivity index (χ2n) is 4.85. The van der Waals surface area contributed by atoms with Crippen LogP contribution in [0.2, 0.25) is 10.2 Å². The Hall–Kier alpha value is -2.24. The Morgan fingerprint density at radius 3 is 2.52 bits per heavy atom. The van der Waals surface area contributed by atoms with Gasteiger partial charge >= 0.3 is 0 Å². The van der Waals surface area contributed by atoms with E-state index in [2.05, 4.69) is 15.2 Å². The van der Waals surface area contributed by atoms with E-state index in [-0.39, 0.29) is 16.1 Å². The first-order chi connectivity index (χ1) is 11.0. The Labute approximate surface area is 140 Å². The highest BCUT2D eigenvalue weighted by Gasteiger charge is 2.21. The minimum Gasteiger partial charge on any atom is -0.267 e. The Balaban J connectivity index is 2.40. The van der Waals surface area contributed by atoms with Gasteiger partial charge in [-0.25, -0.2) is 14.5 Å². The van der Waals surface area contributed by atoms with Gasteiger partial charge in [0, 0.05) is 22.9 Å². The largest absolute Gasteiger partial charge is 0.272 e. The van der Waals surface area contributed by atoms with Gasteiger partial charge in [-0.05, 0) is 31.2 Å². The number of pyridine rings is 1. The molecule has 0 amide bonds. The van der Waals surface area contributed by atoms with E-state index < -0.39 is 11.4 Å². The van der Waals surface area contributed by atoms with Gasteiger partial charge in [0.25, 0.3) is 5.56 Å². The first kappa shape index (κ1) is 15.6. The molecule has 0 aliphatic heterocycles. The number of halogens is 3. The van der Waals surface area contributed by atoms with E-state index in [0.717, 1.165) is 0 Å². The van der Waals surface area contributed by atoms with E-state index in [9.17, 15) is 9.18 Å². The summed E-state index contributed by atoms with van der Waals surface area (Å²) in [5.74, 6) is -0.586. The zero-order valence-electron chi connectivity index (χ0n) is 11.9. The number of nitrogens with zero attached hydrogens (tertiary/aromatic N) is 2. The fraction of sp³-hybridized carbons (Fsp3) is 0.0625. The van der Waals surface area contributed by atoms with Crippen LogP contribution in [0.15, 0.2) is 41.3 Å². The molecule has 0 bridgehead atoms. The average molecular weight is 350 g/mol. The molecule has 3 rings (SSSR count). The van der Waals surface area contributed by atoms with E-state index in [0.29, 0.717) is 22.0 Å². The maximum Gasteiger partial charge on any atom is 0.272 e. The molecule has 4 nitrogen and oxygen atoms in total. The highest BCUT2D eigenvalue weighted by atomic mass is 35.5. The van der Waals surface area contributed by atoms with Crippen LogP contribution < -0.4 is 5.56 Å². The summed E-state index contributed by atoms with van der Waals surface area (Å²) in [7, 11) is 0. The molecule has 7 heteroatoms. The van der Waals surface area contributed by atoms with Gasteiger partial charge in [-0.3, -0.25) is 4.79 Å². The van der Waals surface area contributed by atoms with Crippen LogP contribution >= 0.6 is 23.2 Å². The third-order valence-electron chi connectivity index (χ3n) is 3.39. The van der Waals surface area contributed by atoms with Crippen molar-refractivity contribution in [2.45, 2.75) is 6.92 Å². The van der Waals surface area contributed by atoms with Crippen molar-refractivity contribution in [1.82, 2.24) is 15.2 Å². The maximum absolute atomic E-state index is 14.3. The summed E-state index contributed by atoms with van der Waals surface area (Å²) in [6.07, 6.45) is 1.50. The van der Waals surface area contributed by atoms with Gasteiger partial charge < -0.3 is 0 Å². The number of H-pyrrole nitrogens is 1. The van der Waals surface area contributed by atoms with Gasteiger partial charge in [-0.1, -0.05) is 29.3 Å². The predicted octanol–water partition coefficient (Wildman–Crippen LogP) is 4.25. The molecule has 0 saturated carbocycles. The number of aromatic nitrogens is 3. The quantitative estimate of drug-likeness (QED) is 0.703. The molecule has 0 fully saturated rings. The number of hydrogen-bond acceptors (Lipinski definition) is 3. The lowest BCUT2D eigenvalue weighted by molar-refractivity contribution is 0.631. The van der Waals surface area contributed by atoms with Crippen molar-refractivity contribution in [3.05, 3.63) is 68.6 Å². The molecule has 1 aromatic carbocycles. The van der Waals surface area contributed by atoms with Crippen molar-refractivity contribution in [2.75, 3.05) is 0 Å². The topological polar surface area (TPSA) is 58.6 Å². The van der Waals surface area contributed by atoms with E-state index in [1.165, 1.54) is 24.4 Å². The summed E-state index contributed by atoms with van der Waals surface area (Å²) in [6, 6.07) is 7.54. The monoisotopic (exact) mass is 349 g/mol. The molecule has 0 radical (unpaired) electrons. The SMILES string of the molecule is Cc1n[nH]c(=O)c(-c2c(F)cccc2Cl)c1-c1ccc(Cl)nc1. The van der Waals surface area contributed by atoms with Crippen molar-refractivity contribution < 1.29 is 4.39 Å². The summed E-state index contributed by atoms with van der Waals surface area (Å²) in [4.78, 5) is 16.4. The highest BCUT2D eigenvalue weighted by molar-refractivity contribution is 6.33. The van der Waals surface area contributed by atoms with Crippen LogP contribution in [0.4, 0.5) is 4.39 Å². The summed E-state index contributed by atoms with van der Waals surface area (Å²) in [5, 5.41) is 6.78. The Bertz CT molecular complexity index is 919. The van der Waals surface area contributed by atoms with Crippen molar-refractivity contribution in [2.24, 2.45) is 0 Å². The molecule has 0 saturated heterocycles. The van der Waals surface area contributed by atoms with Crippen LogP contribution in [0.25, 0.3) is 22.3 Å². The van der Waals surface area contributed by atoms with Gasteiger partial charge in [-0.15, -0.1) is 0 Å². The van der Waals surface area contributed by atoms with Gasteiger partial charge in [0.2, 0.25) is 0 Å². The zero-order valence-corrected chi connectivity index (χ0v) is 13.4. The summed E-state index contributed by atoms with van der Waals surface area (Å²) in [5.41, 5.74) is 1.19. The van der Waals surface area contributed by atoms with Crippen LogP contribution in [0.3, 0.4) is 0 Å². The van der Waals surface area contributed by atoms with Crippen molar-refractivity contribution in [3.8, 4) is 22.3 Å². The maximum atomic E-state index is 14.3. The number of rotatable bonds is 2. The van der Waals surface area contributed by atoms with Crippen LogP contribution in [-0.4, -0.2) is 15.2 Å². The van der Waals surface area contributed by atoms with E-state index >= 15 is 0 Å². The third-order valence-corrected chi connectivity index (χ3v) is 3.93. The minimum absolute atomic E-state index is 0.0332. The predicted molar refractivity (Wildman–Crippen MR) is 88.2 cm³/mol. The summed E-state index contributed by atoms with van der Waals surface area (Å²) < 4.78 is 14.3. The fourth-order valence-corrected chi connectivity index (χ4v) is 2.76.